The molecule has 0 fully saturated rings. The van der Waals surface area contributed by atoms with Gasteiger partial charge in [0.2, 0.25) is 5.91 Å². The SMILES string of the molecule is CCCNC(=O)CSc1ncnc(Cl)c1CO. The molecule has 0 radical (unpaired) electrons. The molecule has 1 amide bonds. The van der Waals surface area contributed by atoms with Crippen LogP contribution in [0.15, 0.2) is 11.4 Å². The lowest BCUT2D eigenvalue weighted by molar-refractivity contribution is -0.118. The Morgan fingerprint density at radius 3 is 3.00 bits per heavy atom. The van der Waals surface area contributed by atoms with Crippen LogP contribution in [-0.2, 0) is 11.4 Å². The van der Waals surface area contributed by atoms with Crippen LogP contribution in [-0.4, -0.2) is 33.3 Å². The van der Waals surface area contributed by atoms with E-state index in [1.807, 2.05) is 6.92 Å². The van der Waals surface area contributed by atoms with E-state index in [9.17, 15) is 4.79 Å². The Hall–Kier alpha value is -0.850. The van der Waals surface area contributed by atoms with Crippen LogP contribution in [0.4, 0.5) is 0 Å². The zero-order valence-electron chi connectivity index (χ0n) is 9.44. The standard InChI is InChI=1S/C10H14ClN3O2S/c1-2-3-12-8(16)5-17-10-7(4-15)9(11)13-6-14-10/h6,15H,2-5H2,1H3,(H,12,16). The summed E-state index contributed by atoms with van der Waals surface area (Å²) in [5, 5.41) is 12.6. The molecule has 0 atom stereocenters. The molecule has 0 unspecified atom stereocenters. The zero-order valence-corrected chi connectivity index (χ0v) is 11.0. The van der Waals surface area contributed by atoms with E-state index in [-0.39, 0.29) is 23.4 Å². The number of carbonyl (C=O) groups is 1. The lowest BCUT2D eigenvalue weighted by Crippen LogP contribution is -2.25. The first-order valence-electron chi connectivity index (χ1n) is 5.18. The van der Waals surface area contributed by atoms with Crippen LogP contribution in [0.3, 0.4) is 0 Å². The summed E-state index contributed by atoms with van der Waals surface area (Å²) in [5.74, 6) is 0.191. The minimum atomic E-state index is -0.238. The molecule has 0 saturated carbocycles. The summed E-state index contributed by atoms with van der Waals surface area (Å²) in [6.07, 6.45) is 2.21. The third kappa shape index (κ3) is 4.49. The molecule has 1 rings (SSSR count). The number of hydrogen-bond acceptors (Lipinski definition) is 5. The number of amides is 1. The maximum atomic E-state index is 11.4. The molecule has 0 aliphatic rings. The van der Waals surface area contributed by atoms with E-state index in [2.05, 4.69) is 15.3 Å². The Morgan fingerprint density at radius 2 is 2.35 bits per heavy atom. The highest BCUT2D eigenvalue weighted by molar-refractivity contribution is 7.99. The van der Waals surface area contributed by atoms with Gasteiger partial charge in [0.05, 0.1) is 12.4 Å². The van der Waals surface area contributed by atoms with Crippen molar-refractivity contribution in [3.05, 3.63) is 17.0 Å². The van der Waals surface area contributed by atoms with Crippen molar-refractivity contribution in [3.8, 4) is 0 Å². The van der Waals surface area contributed by atoms with Crippen LogP contribution in [0, 0.1) is 0 Å². The van der Waals surface area contributed by atoms with Gasteiger partial charge in [0.25, 0.3) is 0 Å². The lowest BCUT2D eigenvalue weighted by Gasteiger charge is -2.07. The van der Waals surface area contributed by atoms with E-state index in [4.69, 9.17) is 16.7 Å². The van der Waals surface area contributed by atoms with Gasteiger partial charge in [-0.25, -0.2) is 9.97 Å². The van der Waals surface area contributed by atoms with E-state index in [0.29, 0.717) is 17.1 Å². The van der Waals surface area contributed by atoms with Crippen molar-refractivity contribution in [1.29, 1.82) is 0 Å². The number of aliphatic hydroxyl groups excluding tert-OH is 1. The Bertz CT molecular complexity index is 390. The van der Waals surface area contributed by atoms with Crippen molar-refractivity contribution in [2.75, 3.05) is 12.3 Å². The predicted octanol–water partition coefficient (Wildman–Crippen LogP) is 1.24. The van der Waals surface area contributed by atoms with Crippen LogP contribution in [0.25, 0.3) is 0 Å². The Balaban J connectivity index is 2.57. The van der Waals surface area contributed by atoms with Gasteiger partial charge in [0.1, 0.15) is 16.5 Å². The summed E-state index contributed by atoms with van der Waals surface area (Å²) in [7, 11) is 0. The maximum absolute atomic E-state index is 11.4. The number of halogens is 1. The van der Waals surface area contributed by atoms with Crippen molar-refractivity contribution in [3.63, 3.8) is 0 Å². The molecule has 0 spiro atoms. The summed E-state index contributed by atoms with van der Waals surface area (Å²) < 4.78 is 0. The van der Waals surface area contributed by atoms with Gasteiger partial charge in [0, 0.05) is 12.1 Å². The summed E-state index contributed by atoms with van der Waals surface area (Å²) in [4.78, 5) is 19.1. The largest absolute Gasteiger partial charge is 0.391 e. The van der Waals surface area contributed by atoms with Crippen LogP contribution in [0.2, 0.25) is 5.15 Å². The third-order valence-electron chi connectivity index (χ3n) is 1.92. The fraction of sp³-hybridized carbons (Fsp3) is 0.500. The second-order valence-electron chi connectivity index (χ2n) is 3.24. The van der Waals surface area contributed by atoms with Crippen molar-refractivity contribution < 1.29 is 9.90 Å². The van der Waals surface area contributed by atoms with Gasteiger partial charge in [-0.15, -0.1) is 0 Å². The molecule has 1 heterocycles. The van der Waals surface area contributed by atoms with Crippen molar-refractivity contribution in [2.24, 2.45) is 0 Å². The van der Waals surface area contributed by atoms with Gasteiger partial charge in [-0.1, -0.05) is 30.3 Å². The van der Waals surface area contributed by atoms with Gasteiger partial charge >= 0.3 is 0 Å². The molecule has 0 aliphatic heterocycles. The molecular formula is C10H14ClN3O2S. The monoisotopic (exact) mass is 275 g/mol. The topological polar surface area (TPSA) is 75.1 Å². The van der Waals surface area contributed by atoms with Crippen molar-refractivity contribution >= 4 is 29.3 Å². The van der Waals surface area contributed by atoms with Crippen LogP contribution < -0.4 is 5.32 Å². The van der Waals surface area contributed by atoms with E-state index < -0.39 is 0 Å². The molecule has 1 aromatic heterocycles. The van der Waals surface area contributed by atoms with E-state index in [1.165, 1.54) is 18.1 Å². The average molecular weight is 276 g/mol. The first-order chi connectivity index (χ1) is 8.19. The Morgan fingerprint density at radius 1 is 1.59 bits per heavy atom. The summed E-state index contributed by atoms with van der Waals surface area (Å²) in [5.41, 5.74) is 0.461. The molecule has 17 heavy (non-hydrogen) atoms. The first kappa shape index (κ1) is 14.2. The van der Waals surface area contributed by atoms with Crippen LogP contribution >= 0.6 is 23.4 Å². The van der Waals surface area contributed by atoms with E-state index >= 15 is 0 Å². The Kier molecular flexibility index (Phi) is 6.25. The molecule has 0 saturated heterocycles. The molecule has 0 aromatic carbocycles. The number of thioether (sulfide) groups is 1. The van der Waals surface area contributed by atoms with Crippen LogP contribution in [0.1, 0.15) is 18.9 Å². The zero-order chi connectivity index (χ0) is 12.7. The van der Waals surface area contributed by atoms with Gasteiger partial charge in [-0.05, 0) is 6.42 Å². The minimum absolute atomic E-state index is 0.0597. The number of nitrogens with zero attached hydrogens (tertiary/aromatic N) is 2. The average Bonchev–Trinajstić information content (AvgIpc) is 2.33. The second kappa shape index (κ2) is 7.47. The van der Waals surface area contributed by atoms with Crippen LogP contribution in [0.5, 0.6) is 0 Å². The Labute approximate surface area is 109 Å². The number of aliphatic hydroxyl groups is 1. The predicted molar refractivity (Wildman–Crippen MR) is 67.0 cm³/mol. The number of rotatable bonds is 6. The second-order valence-corrected chi connectivity index (χ2v) is 4.57. The summed E-state index contributed by atoms with van der Waals surface area (Å²) in [6, 6.07) is 0. The molecule has 94 valence electrons. The van der Waals surface area contributed by atoms with E-state index in [1.54, 1.807) is 0 Å². The van der Waals surface area contributed by atoms with Gasteiger partial charge in [0.15, 0.2) is 0 Å². The van der Waals surface area contributed by atoms with Crippen molar-refractivity contribution in [2.45, 2.75) is 25.0 Å². The molecular weight excluding hydrogens is 262 g/mol. The van der Waals surface area contributed by atoms with E-state index in [0.717, 1.165) is 6.42 Å². The fourth-order valence-electron chi connectivity index (χ4n) is 1.08. The highest BCUT2D eigenvalue weighted by atomic mass is 35.5. The minimum Gasteiger partial charge on any atom is -0.391 e. The molecule has 1 aromatic rings. The lowest BCUT2D eigenvalue weighted by atomic mass is 10.4. The van der Waals surface area contributed by atoms with Gasteiger partial charge in [-0.2, -0.15) is 0 Å². The number of carbonyl (C=O) groups excluding carboxylic acids is 1. The number of aromatic nitrogens is 2. The number of nitrogens with one attached hydrogen (secondary N) is 1. The molecule has 0 aliphatic carbocycles. The van der Waals surface area contributed by atoms with Crippen molar-refractivity contribution in [1.82, 2.24) is 15.3 Å². The maximum Gasteiger partial charge on any atom is 0.230 e. The highest BCUT2D eigenvalue weighted by Crippen LogP contribution is 2.24. The molecule has 2 N–H and O–H groups in total. The number of hydrogen-bond donors (Lipinski definition) is 2. The smallest absolute Gasteiger partial charge is 0.230 e. The van der Waals surface area contributed by atoms with Gasteiger partial charge < -0.3 is 10.4 Å². The molecule has 5 nitrogen and oxygen atoms in total. The summed E-state index contributed by atoms with van der Waals surface area (Å²) in [6.45, 7) is 2.41. The van der Waals surface area contributed by atoms with Gasteiger partial charge in [-0.3, -0.25) is 4.79 Å². The summed E-state index contributed by atoms with van der Waals surface area (Å²) >= 11 is 7.04. The fourth-order valence-corrected chi connectivity index (χ4v) is 2.16. The highest BCUT2D eigenvalue weighted by Gasteiger charge is 2.11. The molecule has 7 heteroatoms. The normalized spacial score (nSPS) is 10.3. The third-order valence-corrected chi connectivity index (χ3v) is 3.28. The first-order valence-corrected chi connectivity index (χ1v) is 6.55. The molecule has 0 bridgehead atoms. The quantitative estimate of drug-likeness (QED) is 0.603.